The van der Waals surface area contributed by atoms with Crippen molar-refractivity contribution in [2.24, 2.45) is 0 Å². The minimum Gasteiger partial charge on any atom is -0.381 e. The number of H-pyrrole nitrogens is 1. The second kappa shape index (κ2) is 3.01. The Bertz CT molecular complexity index is 473. The maximum absolute atomic E-state index is 12.2. The second-order valence-corrected chi connectivity index (χ2v) is 2.78. The molecule has 0 saturated carbocycles. The lowest BCUT2D eigenvalue weighted by atomic mass is 10.3. The van der Waals surface area contributed by atoms with Crippen LogP contribution in [-0.2, 0) is 6.18 Å². The summed E-state index contributed by atoms with van der Waals surface area (Å²) in [7, 11) is 0. The van der Waals surface area contributed by atoms with Gasteiger partial charge < -0.3 is 10.3 Å². The third kappa shape index (κ3) is 1.78. The first kappa shape index (κ1) is 9.56. The molecule has 2 aromatic rings. The summed E-state index contributed by atoms with van der Waals surface area (Å²) < 4.78 is 41.2. The van der Waals surface area contributed by atoms with Gasteiger partial charge in [-0.05, 0) is 6.07 Å². The van der Waals surface area contributed by atoms with Gasteiger partial charge in [0.25, 0.3) is 0 Å². The van der Waals surface area contributed by atoms with Crippen molar-refractivity contribution in [1.29, 1.82) is 0 Å². The Hall–Kier alpha value is -1.99. The molecule has 0 aliphatic heterocycles. The van der Waals surface area contributed by atoms with Gasteiger partial charge in [-0.2, -0.15) is 18.3 Å². The normalized spacial score (nSPS) is 11.9. The maximum atomic E-state index is 12.2. The quantitative estimate of drug-likeness (QED) is 0.762. The number of hydrogen-bond acceptors (Lipinski definition) is 4. The lowest BCUT2D eigenvalue weighted by Crippen LogP contribution is -2.04. The van der Waals surface area contributed by atoms with Crippen molar-refractivity contribution in [1.82, 2.24) is 15.4 Å². The van der Waals surface area contributed by atoms with Crippen LogP contribution in [-0.4, -0.2) is 15.4 Å². The lowest BCUT2D eigenvalue weighted by Gasteiger charge is -1.99. The predicted molar refractivity (Wildman–Crippen MR) is 43.5 cm³/mol. The third-order valence-electron chi connectivity index (χ3n) is 1.66. The van der Waals surface area contributed by atoms with Crippen LogP contribution in [0.3, 0.4) is 0 Å². The van der Waals surface area contributed by atoms with E-state index in [9.17, 15) is 13.2 Å². The largest absolute Gasteiger partial charge is 0.432 e. The van der Waals surface area contributed by atoms with Crippen molar-refractivity contribution < 1.29 is 17.7 Å². The molecule has 15 heavy (non-hydrogen) atoms. The molecule has 0 unspecified atom stereocenters. The highest BCUT2D eigenvalue weighted by molar-refractivity contribution is 5.55. The van der Waals surface area contributed by atoms with Crippen LogP contribution in [0.1, 0.15) is 5.69 Å². The van der Waals surface area contributed by atoms with Crippen LogP contribution in [0.25, 0.3) is 11.5 Å². The maximum Gasteiger partial charge on any atom is 0.432 e. The minimum atomic E-state index is -4.46. The fourth-order valence-corrected chi connectivity index (χ4v) is 1.00. The summed E-state index contributed by atoms with van der Waals surface area (Å²) in [6.07, 6.45) is -4.46. The zero-order valence-electron chi connectivity index (χ0n) is 7.17. The van der Waals surface area contributed by atoms with E-state index in [1.54, 1.807) is 0 Å². The third-order valence-corrected chi connectivity index (χ3v) is 1.66. The number of nitrogen functional groups attached to an aromatic ring is 1. The Morgan fingerprint density at radius 2 is 2.07 bits per heavy atom. The number of hydrogen-bond donors (Lipinski definition) is 2. The number of aromatic amines is 1. The van der Waals surface area contributed by atoms with Gasteiger partial charge in [0.15, 0.2) is 11.6 Å². The smallest absolute Gasteiger partial charge is 0.381 e. The SMILES string of the molecule is Nc1cc(-c2cc(C(F)(F)F)[nH]n2)on1. The zero-order chi connectivity index (χ0) is 11.1. The highest BCUT2D eigenvalue weighted by Gasteiger charge is 2.33. The van der Waals surface area contributed by atoms with Crippen LogP contribution < -0.4 is 5.73 Å². The zero-order valence-corrected chi connectivity index (χ0v) is 7.17. The lowest BCUT2D eigenvalue weighted by molar-refractivity contribution is -0.141. The standard InChI is InChI=1S/C7H5F3N4O/c8-7(9,10)5-1-3(12-13-5)4-2-6(11)14-15-4/h1-2H,(H2,11,14)(H,12,13). The molecular weight excluding hydrogens is 213 g/mol. The number of nitrogens with two attached hydrogens (primary N) is 1. The molecule has 0 bridgehead atoms. The van der Waals surface area contributed by atoms with Crippen LogP contribution >= 0.6 is 0 Å². The fourth-order valence-electron chi connectivity index (χ4n) is 1.00. The second-order valence-electron chi connectivity index (χ2n) is 2.78. The molecule has 2 aromatic heterocycles. The van der Waals surface area contributed by atoms with E-state index in [0.29, 0.717) is 0 Å². The molecule has 3 N–H and O–H groups in total. The molecule has 2 rings (SSSR count). The first-order chi connectivity index (χ1) is 6.97. The molecule has 8 heteroatoms. The van der Waals surface area contributed by atoms with Crippen molar-refractivity contribution in [3.63, 3.8) is 0 Å². The van der Waals surface area contributed by atoms with Gasteiger partial charge >= 0.3 is 6.18 Å². The summed E-state index contributed by atoms with van der Waals surface area (Å²) in [5.41, 5.74) is 4.30. The molecular formula is C7H5F3N4O. The van der Waals surface area contributed by atoms with E-state index >= 15 is 0 Å². The highest BCUT2D eigenvalue weighted by atomic mass is 19.4. The van der Waals surface area contributed by atoms with Crippen molar-refractivity contribution in [3.8, 4) is 11.5 Å². The van der Waals surface area contributed by atoms with E-state index in [2.05, 4.69) is 14.8 Å². The van der Waals surface area contributed by atoms with Gasteiger partial charge in [-0.25, -0.2) is 0 Å². The molecule has 0 aromatic carbocycles. The van der Waals surface area contributed by atoms with Crippen molar-refractivity contribution in [2.45, 2.75) is 6.18 Å². The number of rotatable bonds is 1. The number of alkyl halides is 3. The van der Waals surface area contributed by atoms with E-state index in [4.69, 9.17) is 5.73 Å². The average molecular weight is 218 g/mol. The monoisotopic (exact) mass is 218 g/mol. The minimum absolute atomic E-state index is 0.00604. The summed E-state index contributed by atoms with van der Waals surface area (Å²) in [5.74, 6) is 0.167. The molecule has 5 nitrogen and oxygen atoms in total. The van der Waals surface area contributed by atoms with E-state index in [1.165, 1.54) is 6.07 Å². The molecule has 80 valence electrons. The van der Waals surface area contributed by atoms with Crippen LogP contribution in [0.2, 0.25) is 0 Å². The summed E-state index contributed by atoms with van der Waals surface area (Å²) >= 11 is 0. The van der Waals surface area contributed by atoms with E-state index < -0.39 is 11.9 Å². The fraction of sp³-hybridized carbons (Fsp3) is 0.143. The summed E-state index contributed by atoms with van der Waals surface area (Å²) in [4.78, 5) is 0. The molecule has 0 atom stereocenters. The predicted octanol–water partition coefficient (Wildman–Crippen LogP) is 1.67. The Kier molecular flexibility index (Phi) is 1.92. The van der Waals surface area contributed by atoms with Gasteiger partial charge in [0, 0.05) is 6.07 Å². The molecule has 0 radical (unpaired) electrons. The Balaban J connectivity index is 2.36. The molecule has 0 saturated heterocycles. The summed E-state index contributed by atoms with van der Waals surface area (Å²) in [5, 5.41) is 8.61. The summed E-state index contributed by atoms with van der Waals surface area (Å²) in [6, 6.07) is 2.11. The van der Waals surface area contributed by atoms with Crippen LogP contribution in [0.15, 0.2) is 16.7 Å². The molecule has 2 heterocycles. The van der Waals surface area contributed by atoms with E-state index in [-0.39, 0.29) is 17.3 Å². The highest BCUT2D eigenvalue weighted by Crippen LogP contribution is 2.30. The Morgan fingerprint density at radius 1 is 1.33 bits per heavy atom. The van der Waals surface area contributed by atoms with E-state index in [0.717, 1.165) is 6.07 Å². The number of nitrogens with one attached hydrogen (secondary N) is 1. The summed E-state index contributed by atoms with van der Waals surface area (Å²) in [6.45, 7) is 0. The van der Waals surface area contributed by atoms with Gasteiger partial charge in [0.1, 0.15) is 11.4 Å². The van der Waals surface area contributed by atoms with Crippen LogP contribution in [0.4, 0.5) is 19.0 Å². The molecule has 0 aliphatic rings. The molecule has 0 aliphatic carbocycles. The first-order valence-corrected chi connectivity index (χ1v) is 3.82. The van der Waals surface area contributed by atoms with E-state index in [1.807, 2.05) is 5.10 Å². The number of aromatic nitrogens is 3. The molecule has 0 amide bonds. The number of anilines is 1. The van der Waals surface area contributed by atoms with Crippen LogP contribution in [0, 0.1) is 0 Å². The van der Waals surface area contributed by atoms with Crippen molar-refractivity contribution in [3.05, 3.63) is 17.8 Å². The van der Waals surface area contributed by atoms with Gasteiger partial charge in [0.05, 0.1) is 0 Å². The van der Waals surface area contributed by atoms with Gasteiger partial charge in [0.2, 0.25) is 0 Å². The van der Waals surface area contributed by atoms with Gasteiger partial charge in [-0.1, -0.05) is 5.16 Å². The van der Waals surface area contributed by atoms with Gasteiger partial charge in [-0.15, -0.1) is 0 Å². The Labute approximate surface area is 81.1 Å². The average Bonchev–Trinajstić information content (AvgIpc) is 2.69. The number of nitrogens with zero attached hydrogens (tertiary/aromatic N) is 2. The van der Waals surface area contributed by atoms with Gasteiger partial charge in [-0.3, -0.25) is 5.10 Å². The number of halogens is 3. The Morgan fingerprint density at radius 3 is 2.53 bits per heavy atom. The van der Waals surface area contributed by atoms with Crippen molar-refractivity contribution >= 4 is 5.82 Å². The van der Waals surface area contributed by atoms with Crippen molar-refractivity contribution in [2.75, 3.05) is 5.73 Å². The molecule has 0 fully saturated rings. The first-order valence-electron chi connectivity index (χ1n) is 3.82. The van der Waals surface area contributed by atoms with Crippen LogP contribution in [0.5, 0.6) is 0 Å². The topological polar surface area (TPSA) is 80.7 Å². The molecule has 0 spiro atoms.